The molecule has 1 atom stereocenters. The third-order valence-electron chi connectivity index (χ3n) is 5.18. The Kier molecular flexibility index (Phi) is 10.5. The van der Waals surface area contributed by atoms with Gasteiger partial charge in [0.05, 0.1) is 10.0 Å². The molecule has 0 bridgehead atoms. The molecule has 8 heteroatoms. The fourth-order valence-corrected chi connectivity index (χ4v) is 3.94. The topological polar surface area (TPSA) is 58.6 Å². The van der Waals surface area contributed by atoms with Gasteiger partial charge in [-0.15, -0.1) is 0 Å². The predicted octanol–water partition coefficient (Wildman–Crippen LogP) is 6.33. The summed E-state index contributed by atoms with van der Waals surface area (Å²) < 4.78 is 6.84. The lowest BCUT2D eigenvalue weighted by Crippen LogP contribution is -2.50. The molecule has 2 rings (SSSR count). The van der Waals surface area contributed by atoms with Crippen LogP contribution in [0.15, 0.2) is 34.8 Å². The third-order valence-corrected chi connectivity index (χ3v) is 7.17. The van der Waals surface area contributed by atoms with Gasteiger partial charge in [0.1, 0.15) is 11.8 Å². The van der Waals surface area contributed by atoms with Gasteiger partial charge >= 0.3 is 0 Å². The maximum absolute atomic E-state index is 13.3. The minimum Gasteiger partial charge on any atom is -0.484 e. The second-order valence-electron chi connectivity index (χ2n) is 8.49. The van der Waals surface area contributed by atoms with Gasteiger partial charge in [-0.2, -0.15) is 0 Å². The maximum atomic E-state index is 13.3. The number of halogens is 3. The summed E-state index contributed by atoms with van der Waals surface area (Å²) >= 11 is 15.8. The van der Waals surface area contributed by atoms with E-state index in [1.54, 1.807) is 23.1 Å². The molecule has 2 aromatic carbocycles. The van der Waals surface area contributed by atoms with Gasteiger partial charge < -0.3 is 15.0 Å². The molecule has 33 heavy (non-hydrogen) atoms. The molecule has 0 aromatic heterocycles. The number of nitrogens with one attached hydrogen (secondary N) is 1. The van der Waals surface area contributed by atoms with Crippen LogP contribution in [0.3, 0.4) is 0 Å². The summed E-state index contributed by atoms with van der Waals surface area (Å²) in [4.78, 5) is 27.8. The van der Waals surface area contributed by atoms with E-state index in [1.165, 1.54) is 0 Å². The van der Waals surface area contributed by atoms with Gasteiger partial charge in [0.2, 0.25) is 5.91 Å². The van der Waals surface area contributed by atoms with Gasteiger partial charge in [-0.05, 0) is 67.1 Å². The summed E-state index contributed by atoms with van der Waals surface area (Å²) in [6, 6.07) is 8.31. The van der Waals surface area contributed by atoms with E-state index in [-0.39, 0.29) is 25.0 Å². The molecule has 5 nitrogen and oxygen atoms in total. The number of ether oxygens (including phenoxy) is 1. The number of amides is 2. The first-order chi connectivity index (χ1) is 15.5. The molecule has 0 spiro atoms. The standard InChI is InChI=1S/C25H31BrCl2N2O3/c1-6-22(25(32)29-12-15(2)3)30(13-18-7-8-20(27)21(28)11-18)23(31)14-33-19-9-16(4)24(26)17(5)10-19/h7-11,15,22H,6,12-14H2,1-5H3,(H,29,32). The third kappa shape index (κ3) is 7.90. The lowest BCUT2D eigenvalue weighted by atomic mass is 10.1. The highest BCUT2D eigenvalue weighted by atomic mass is 79.9. The zero-order chi connectivity index (χ0) is 24.7. The average molecular weight is 558 g/mol. The Morgan fingerprint density at radius 2 is 1.73 bits per heavy atom. The normalized spacial score (nSPS) is 11.9. The van der Waals surface area contributed by atoms with E-state index in [2.05, 4.69) is 21.2 Å². The molecule has 2 aromatic rings. The summed E-state index contributed by atoms with van der Waals surface area (Å²) in [5.74, 6) is 0.437. The first-order valence-electron chi connectivity index (χ1n) is 10.9. The molecule has 0 aliphatic carbocycles. The second-order valence-corrected chi connectivity index (χ2v) is 10.1. The molecule has 0 heterocycles. The van der Waals surface area contributed by atoms with Crippen LogP contribution in [0.2, 0.25) is 10.0 Å². The number of hydrogen-bond donors (Lipinski definition) is 1. The summed E-state index contributed by atoms with van der Waals surface area (Å²) in [7, 11) is 0. The van der Waals surface area contributed by atoms with Gasteiger partial charge in [0.15, 0.2) is 6.61 Å². The van der Waals surface area contributed by atoms with Crippen LogP contribution in [0.1, 0.15) is 43.9 Å². The first kappa shape index (κ1) is 27.5. The summed E-state index contributed by atoms with van der Waals surface area (Å²) in [6.07, 6.45) is 0.466. The number of rotatable bonds is 10. The monoisotopic (exact) mass is 556 g/mol. The van der Waals surface area contributed by atoms with Gasteiger partial charge in [0.25, 0.3) is 5.91 Å². The summed E-state index contributed by atoms with van der Waals surface area (Å²) in [5, 5.41) is 3.78. The van der Waals surface area contributed by atoms with Crippen LogP contribution in [0.5, 0.6) is 5.75 Å². The van der Waals surface area contributed by atoms with E-state index in [0.717, 1.165) is 21.2 Å². The smallest absolute Gasteiger partial charge is 0.261 e. The van der Waals surface area contributed by atoms with Crippen LogP contribution in [-0.2, 0) is 16.1 Å². The quantitative estimate of drug-likeness (QED) is 0.371. The minimum absolute atomic E-state index is 0.185. The Morgan fingerprint density at radius 3 is 2.27 bits per heavy atom. The highest BCUT2D eigenvalue weighted by molar-refractivity contribution is 9.10. The molecule has 0 saturated carbocycles. The molecule has 0 aliphatic heterocycles. The Bertz CT molecular complexity index is 975. The van der Waals surface area contributed by atoms with E-state index in [9.17, 15) is 9.59 Å². The van der Waals surface area contributed by atoms with E-state index in [4.69, 9.17) is 27.9 Å². The number of benzene rings is 2. The average Bonchev–Trinajstić information content (AvgIpc) is 2.76. The Balaban J connectivity index is 2.26. The van der Waals surface area contributed by atoms with Crippen molar-refractivity contribution in [1.29, 1.82) is 0 Å². The highest BCUT2D eigenvalue weighted by Crippen LogP contribution is 2.27. The number of nitrogens with zero attached hydrogens (tertiary/aromatic N) is 1. The number of carbonyl (C=O) groups is 2. The van der Waals surface area contributed by atoms with Crippen molar-refractivity contribution in [2.75, 3.05) is 13.2 Å². The van der Waals surface area contributed by atoms with E-state index in [1.807, 2.05) is 46.8 Å². The van der Waals surface area contributed by atoms with Crippen molar-refractivity contribution in [2.45, 2.75) is 53.6 Å². The van der Waals surface area contributed by atoms with Crippen LogP contribution in [0.25, 0.3) is 0 Å². The predicted molar refractivity (Wildman–Crippen MR) is 138 cm³/mol. The van der Waals surface area contributed by atoms with Crippen LogP contribution < -0.4 is 10.1 Å². The largest absolute Gasteiger partial charge is 0.484 e. The molecule has 180 valence electrons. The van der Waals surface area contributed by atoms with Crippen molar-refractivity contribution in [2.24, 2.45) is 5.92 Å². The molecule has 0 aliphatic rings. The molecule has 1 N–H and O–H groups in total. The van der Waals surface area contributed by atoms with Crippen molar-refractivity contribution in [1.82, 2.24) is 10.2 Å². The summed E-state index contributed by atoms with van der Waals surface area (Å²) in [5.41, 5.74) is 2.82. The maximum Gasteiger partial charge on any atom is 0.261 e. The zero-order valence-corrected chi connectivity index (χ0v) is 22.8. The van der Waals surface area contributed by atoms with Gasteiger partial charge in [-0.1, -0.05) is 66.0 Å². The van der Waals surface area contributed by atoms with Crippen molar-refractivity contribution in [3.05, 3.63) is 61.5 Å². The number of carbonyl (C=O) groups excluding carboxylic acids is 2. The lowest BCUT2D eigenvalue weighted by Gasteiger charge is -2.31. The van der Waals surface area contributed by atoms with Gasteiger partial charge in [-0.3, -0.25) is 9.59 Å². The van der Waals surface area contributed by atoms with E-state index < -0.39 is 6.04 Å². The van der Waals surface area contributed by atoms with Crippen molar-refractivity contribution in [3.8, 4) is 5.75 Å². The Hall–Kier alpha value is -1.76. The van der Waals surface area contributed by atoms with Crippen LogP contribution in [-0.4, -0.2) is 35.9 Å². The van der Waals surface area contributed by atoms with E-state index >= 15 is 0 Å². The van der Waals surface area contributed by atoms with Gasteiger partial charge in [0, 0.05) is 17.6 Å². The minimum atomic E-state index is -0.636. The molecule has 1 unspecified atom stereocenters. The first-order valence-corrected chi connectivity index (χ1v) is 12.5. The Morgan fingerprint density at radius 1 is 1.09 bits per heavy atom. The Labute approximate surface area is 214 Å². The van der Waals surface area contributed by atoms with Crippen molar-refractivity contribution < 1.29 is 14.3 Å². The molecule has 0 fully saturated rings. The van der Waals surface area contributed by atoms with Crippen molar-refractivity contribution in [3.63, 3.8) is 0 Å². The van der Waals surface area contributed by atoms with Crippen LogP contribution in [0.4, 0.5) is 0 Å². The number of aryl methyl sites for hydroxylation is 2. The number of hydrogen-bond acceptors (Lipinski definition) is 3. The van der Waals surface area contributed by atoms with E-state index in [0.29, 0.717) is 34.7 Å². The lowest BCUT2D eigenvalue weighted by molar-refractivity contribution is -0.143. The summed E-state index contributed by atoms with van der Waals surface area (Å²) in [6.45, 7) is 10.4. The molecular formula is C25H31BrCl2N2O3. The molecule has 2 amide bonds. The highest BCUT2D eigenvalue weighted by Gasteiger charge is 2.29. The SMILES string of the molecule is CCC(C(=O)NCC(C)C)N(Cc1ccc(Cl)c(Cl)c1)C(=O)COc1cc(C)c(Br)c(C)c1. The molecular weight excluding hydrogens is 527 g/mol. The molecule has 0 saturated heterocycles. The van der Waals surface area contributed by atoms with Gasteiger partial charge in [-0.25, -0.2) is 0 Å². The zero-order valence-electron chi connectivity index (χ0n) is 19.7. The molecule has 0 radical (unpaired) electrons. The fraction of sp³-hybridized carbons (Fsp3) is 0.440. The van der Waals surface area contributed by atoms with Crippen LogP contribution >= 0.6 is 39.1 Å². The fourth-order valence-electron chi connectivity index (χ4n) is 3.39. The van der Waals surface area contributed by atoms with Crippen LogP contribution in [0, 0.1) is 19.8 Å². The van der Waals surface area contributed by atoms with Crippen molar-refractivity contribution >= 4 is 50.9 Å². The second kappa shape index (κ2) is 12.6.